The number of rotatable bonds is 5. The first-order valence-corrected chi connectivity index (χ1v) is 8.19. The van der Waals surface area contributed by atoms with Crippen molar-refractivity contribution in [1.29, 1.82) is 0 Å². The van der Waals surface area contributed by atoms with E-state index in [1.54, 1.807) is 0 Å². The fourth-order valence-corrected chi connectivity index (χ4v) is 5.89. The zero-order valence-electron chi connectivity index (χ0n) is 11.1. The van der Waals surface area contributed by atoms with E-state index in [1.807, 2.05) is 0 Å². The van der Waals surface area contributed by atoms with E-state index in [9.17, 15) is 0 Å². The molecule has 0 aliphatic carbocycles. The zero-order chi connectivity index (χ0) is 11.4. The van der Waals surface area contributed by atoms with Crippen LogP contribution in [0.25, 0.3) is 0 Å². The van der Waals surface area contributed by atoms with E-state index >= 15 is 0 Å². The summed E-state index contributed by atoms with van der Waals surface area (Å²) in [5.41, 5.74) is 0.306. The van der Waals surface area contributed by atoms with Crippen molar-refractivity contribution in [1.82, 2.24) is 4.30 Å². The van der Waals surface area contributed by atoms with Crippen LogP contribution in [0, 0.1) is 11.8 Å². The van der Waals surface area contributed by atoms with Crippen molar-refractivity contribution in [3.05, 3.63) is 0 Å². The minimum Gasteiger partial charge on any atom is -0.394 e. The van der Waals surface area contributed by atoms with Gasteiger partial charge in [0.2, 0.25) is 0 Å². The molecule has 0 heterocycles. The molecule has 14 heavy (non-hydrogen) atoms. The van der Waals surface area contributed by atoms with E-state index < -0.39 is 14.4 Å². The van der Waals surface area contributed by atoms with Crippen LogP contribution in [0.2, 0.25) is 10.6 Å². The molecule has 0 saturated carbocycles. The Morgan fingerprint density at radius 2 is 1.29 bits per heavy atom. The van der Waals surface area contributed by atoms with E-state index in [2.05, 4.69) is 52.8 Å². The summed E-state index contributed by atoms with van der Waals surface area (Å²) in [7, 11) is 0. The molecular formula is C12H28AlN. The first-order chi connectivity index (χ1) is 6.20. The highest BCUT2D eigenvalue weighted by molar-refractivity contribution is 6.56. The minimum atomic E-state index is -0.725. The summed E-state index contributed by atoms with van der Waals surface area (Å²) in [5.74, 6) is 1.69. The lowest BCUT2D eigenvalue weighted by Gasteiger charge is -2.27. The summed E-state index contributed by atoms with van der Waals surface area (Å²) in [6.07, 6.45) is 0. The lowest BCUT2D eigenvalue weighted by molar-refractivity contribution is 0.506. The highest BCUT2D eigenvalue weighted by Crippen LogP contribution is 2.15. The minimum absolute atomic E-state index is 0.306. The standard InChI is InChI=1S/C4H10N.2C4H9.Al/c1-4(2,3)5;2*1-4(2)3;/h5H,1-3H3;2*4H,1H2,2-3H3;/q-1;;;+1. The van der Waals surface area contributed by atoms with Crippen LogP contribution in [0.4, 0.5) is 0 Å². The summed E-state index contributed by atoms with van der Waals surface area (Å²) >= 11 is -0.725. The third-order valence-corrected chi connectivity index (χ3v) is 6.45. The molecule has 1 N–H and O–H groups in total. The molecule has 0 amide bonds. The van der Waals surface area contributed by atoms with Crippen LogP contribution in [0.15, 0.2) is 0 Å². The topological polar surface area (TPSA) is 12.0 Å². The smallest absolute Gasteiger partial charge is 0.370 e. The van der Waals surface area contributed by atoms with E-state index in [4.69, 9.17) is 0 Å². The molecule has 0 aromatic heterocycles. The van der Waals surface area contributed by atoms with Crippen LogP contribution in [0.1, 0.15) is 48.5 Å². The number of hydrogen-bond acceptors (Lipinski definition) is 1. The van der Waals surface area contributed by atoms with Crippen LogP contribution in [0.3, 0.4) is 0 Å². The van der Waals surface area contributed by atoms with Crippen molar-refractivity contribution in [2.75, 3.05) is 0 Å². The van der Waals surface area contributed by atoms with Gasteiger partial charge in [-0.15, -0.1) is 0 Å². The van der Waals surface area contributed by atoms with Gasteiger partial charge in [0.25, 0.3) is 0 Å². The summed E-state index contributed by atoms with van der Waals surface area (Å²) in [4.78, 5) is 0. The van der Waals surface area contributed by atoms with E-state index in [0.29, 0.717) is 5.54 Å². The molecule has 0 spiro atoms. The third kappa shape index (κ3) is 9.06. The largest absolute Gasteiger partial charge is 0.394 e. The summed E-state index contributed by atoms with van der Waals surface area (Å²) < 4.78 is 3.86. The van der Waals surface area contributed by atoms with Crippen molar-refractivity contribution in [3.63, 3.8) is 0 Å². The molecule has 0 aromatic carbocycles. The van der Waals surface area contributed by atoms with Crippen LogP contribution < -0.4 is 4.30 Å². The summed E-state index contributed by atoms with van der Waals surface area (Å²) in [6.45, 7) is 16.2. The SMILES string of the molecule is CC(C)[CH2][Al]([CH2]C(C)C)[NH]C(C)(C)C. The quantitative estimate of drug-likeness (QED) is 0.687. The van der Waals surface area contributed by atoms with Gasteiger partial charge in [-0.1, -0.05) is 50.1 Å². The average Bonchev–Trinajstić information content (AvgIpc) is 1.77. The Balaban J connectivity index is 4.11. The van der Waals surface area contributed by atoms with Crippen LogP contribution in [-0.2, 0) is 0 Å². The molecule has 0 aromatic rings. The fraction of sp³-hybridized carbons (Fsp3) is 1.00. The highest BCUT2D eigenvalue weighted by Gasteiger charge is 2.25. The van der Waals surface area contributed by atoms with Gasteiger partial charge < -0.3 is 4.30 Å². The van der Waals surface area contributed by atoms with Gasteiger partial charge in [0.05, 0.1) is 0 Å². The third-order valence-electron chi connectivity index (χ3n) is 2.15. The molecule has 0 radical (unpaired) electrons. The van der Waals surface area contributed by atoms with Crippen molar-refractivity contribution < 1.29 is 0 Å². The normalized spacial score (nSPS) is 12.6. The molecule has 0 bridgehead atoms. The maximum atomic E-state index is 3.86. The number of nitrogens with one attached hydrogen (secondary N) is 1. The first-order valence-electron chi connectivity index (χ1n) is 5.98. The molecule has 0 unspecified atom stereocenters. The van der Waals surface area contributed by atoms with Crippen LogP contribution in [0.5, 0.6) is 0 Å². The second-order valence-corrected chi connectivity index (χ2v) is 8.98. The Morgan fingerprint density at radius 1 is 0.929 bits per heavy atom. The zero-order valence-corrected chi connectivity index (χ0v) is 12.3. The molecule has 2 heteroatoms. The van der Waals surface area contributed by atoms with Crippen molar-refractivity contribution >= 4 is 14.4 Å². The predicted octanol–water partition coefficient (Wildman–Crippen LogP) is 3.68. The van der Waals surface area contributed by atoms with E-state index in [0.717, 1.165) is 11.8 Å². The number of hydrogen-bond donors (Lipinski definition) is 1. The Kier molecular flexibility index (Phi) is 6.37. The Labute approximate surface area is 95.3 Å². The average molecular weight is 213 g/mol. The molecule has 0 saturated heterocycles. The molecule has 0 fully saturated rings. The van der Waals surface area contributed by atoms with Gasteiger partial charge in [-0.25, -0.2) is 0 Å². The summed E-state index contributed by atoms with van der Waals surface area (Å²) in [6, 6.07) is 0. The van der Waals surface area contributed by atoms with Gasteiger partial charge >= 0.3 is 14.4 Å². The Hall–Kier alpha value is 0.492. The lowest BCUT2D eigenvalue weighted by atomic mass is 10.1. The Morgan fingerprint density at radius 3 is 1.50 bits per heavy atom. The van der Waals surface area contributed by atoms with Gasteiger partial charge in [-0.3, -0.25) is 0 Å². The van der Waals surface area contributed by atoms with E-state index in [1.165, 1.54) is 10.6 Å². The van der Waals surface area contributed by atoms with Crippen molar-refractivity contribution in [2.45, 2.75) is 64.6 Å². The van der Waals surface area contributed by atoms with Crippen molar-refractivity contribution in [2.24, 2.45) is 11.8 Å². The monoisotopic (exact) mass is 213 g/mol. The second-order valence-electron chi connectivity index (χ2n) is 6.35. The van der Waals surface area contributed by atoms with Crippen molar-refractivity contribution in [3.8, 4) is 0 Å². The molecule has 0 aliphatic heterocycles. The van der Waals surface area contributed by atoms with Gasteiger partial charge in [-0.05, 0) is 26.3 Å². The van der Waals surface area contributed by atoms with Gasteiger partial charge in [0, 0.05) is 0 Å². The molecule has 0 atom stereocenters. The maximum Gasteiger partial charge on any atom is 0.370 e. The van der Waals surface area contributed by atoms with Gasteiger partial charge in [-0.2, -0.15) is 0 Å². The molecular weight excluding hydrogens is 185 g/mol. The Bertz CT molecular complexity index is 137. The van der Waals surface area contributed by atoms with Gasteiger partial charge in [0.1, 0.15) is 0 Å². The highest BCUT2D eigenvalue weighted by atomic mass is 27.2. The fourth-order valence-electron chi connectivity index (χ4n) is 1.96. The molecule has 84 valence electrons. The van der Waals surface area contributed by atoms with Crippen LogP contribution in [-0.4, -0.2) is 19.9 Å². The lowest BCUT2D eigenvalue weighted by Crippen LogP contribution is -2.47. The molecule has 1 nitrogen and oxygen atoms in total. The maximum absolute atomic E-state index is 3.86. The molecule has 0 aliphatic rings. The van der Waals surface area contributed by atoms with E-state index in [-0.39, 0.29) is 0 Å². The second kappa shape index (κ2) is 6.16. The van der Waals surface area contributed by atoms with Gasteiger partial charge in [0.15, 0.2) is 0 Å². The predicted molar refractivity (Wildman–Crippen MR) is 67.9 cm³/mol. The molecule has 0 rings (SSSR count). The summed E-state index contributed by atoms with van der Waals surface area (Å²) in [5, 5.41) is 2.85. The first kappa shape index (κ1) is 14.5. The van der Waals surface area contributed by atoms with Crippen LogP contribution >= 0.6 is 0 Å².